The third-order valence-electron chi connectivity index (χ3n) is 6.41. The van der Waals surface area contributed by atoms with E-state index < -0.39 is 11.6 Å². The summed E-state index contributed by atoms with van der Waals surface area (Å²) in [5, 5.41) is 1.10. The van der Waals surface area contributed by atoms with Crippen molar-refractivity contribution in [1.29, 1.82) is 0 Å². The number of amides is 2. The van der Waals surface area contributed by atoms with Crippen LogP contribution in [0.1, 0.15) is 35.2 Å². The summed E-state index contributed by atoms with van der Waals surface area (Å²) >= 11 is 0. The van der Waals surface area contributed by atoms with Gasteiger partial charge < -0.3 is 15.4 Å². The highest BCUT2D eigenvalue weighted by molar-refractivity contribution is 6.02. The van der Waals surface area contributed by atoms with Crippen LogP contribution < -0.4 is 10.5 Å². The zero-order chi connectivity index (χ0) is 20.9. The molecule has 0 saturated carbocycles. The van der Waals surface area contributed by atoms with E-state index in [1.807, 2.05) is 30.3 Å². The smallest absolute Gasteiger partial charge is 0.314 e. The Kier molecular flexibility index (Phi) is 4.24. The monoisotopic (exact) mass is 401 g/mol. The summed E-state index contributed by atoms with van der Waals surface area (Å²) in [7, 11) is 0. The van der Waals surface area contributed by atoms with Gasteiger partial charge in [0, 0.05) is 37.5 Å². The third kappa shape index (κ3) is 3.00. The Morgan fingerprint density at radius 3 is 2.70 bits per heavy atom. The molecule has 5 rings (SSSR count). The predicted molar refractivity (Wildman–Crippen MR) is 115 cm³/mol. The largest absolute Gasteiger partial charge is 0.486 e. The first kappa shape index (κ1) is 18.6. The van der Waals surface area contributed by atoms with Crippen molar-refractivity contribution in [2.24, 2.45) is 5.73 Å². The van der Waals surface area contributed by atoms with Crippen LogP contribution in [0, 0.1) is 6.92 Å². The number of primary amides is 1. The van der Waals surface area contributed by atoms with Gasteiger partial charge in [-0.2, -0.15) is 0 Å². The number of likely N-dealkylation sites (tertiary alicyclic amines) is 1. The Morgan fingerprint density at radius 2 is 1.93 bits per heavy atom. The van der Waals surface area contributed by atoms with Crippen molar-refractivity contribution in [2.45, 2.75) is 31.8 Å². The van der Waals surface area contributed by atoms with E-state index in [4.69, 9.17) is 10.5 Å². The molecule has 3 heterocycles. The van der Waals surface area contributed by atoms with Gasteiger partial charge in [-0.25, -0.2) is 4.79 Å². The summed E-state index contributed by atoms with van der Waals surface area (Å²) in [4.78, 5) is 30.6. The Hall–Kier alpha value is -3.41. The Morgan fingerprint density at radius 1 is 1.13 bits per heavy atom. The molecule has 30 heavy (non-hydrogen) atoms. The van der Waals surface area contributed by atoms with Gasteiger partial charge in [0.25, 0.3) is 0 Å². The van der Waals surface area contributed by atoms with E-state index in [2.05, 4.69) is 24.0 Å². The highest BCUT2D eigenvalue weighted by Crippen LogP contribution is 2.41. The molecule has 2 N–H and O–H groups in total. The van der Waals surface area contributed by atoms with Crippen molar-refractivity contribution in [2.75, 3.05) is 13.1 Å². The number of Topliss-reactive ketones (excluding diaryl/α,β-unsaturated/α-hetero) is 1. The molecule has 6 heteroatoms. The average Bonchev–Trinajstić information content (AvgIpc) is 2.74. The van der Waals surface area contributed by atoms with Crippen molar-refractivity contribution in [3.8, 4) is 16.9 Å². The lowest BCUT2D eigenvalue weighted by molar-refractivity contribution is 0.0000614. The number of urea groups is 1. The SMILES string of the molecule is Cc1c(-c2ccc3c(c2)C(=O)CC2(CCN(C(N)=O)CC2)O3)ccc2cccnc12. The lowest BCUT2D eigenvalue weighted by atomic mass is 9.82. The van der Waals surface area contributed by atoms with E-state index >= 15 is 0 Å². The molecule has 6 nitrogen and oxygen atoms in total. The van der Waals surface area contributed by atoms with E-state index in [0.717, 1.165) is 27.6 Å². The zero-order valence-electron chi connectivity index (χ0n) is 16.9. The molecule has 3 aromatic rings. The number of nitrogens with two attached hydrogens (primary N) is 1. The van der Waals surface area contributed by atoms with Crippen LogP contribution in [0.2, 0.25) is 0 Å². The second kappa shape index (κ2) is 6.83. The highest BCUT2D eigenvalue weighted by atomic mass is 16.5. The van der Waals surface area contributed by atoms with Crippen molar-refractivity contribution in [3.63, 3.8) is 0 Å². The average molecular weight is 401 g/mol. The predicted octanol–water partition coefficient (Wildman–Crippen LogP) is 4.09. The summed E-state index contributed by atoms with van der Waals surface area (Å²) in [6.45, 7) is 3.09. The van der Waals surface area contributed by atoms with Gasteiger partial charge >= 0.3 is 6.03 Å². The van der Waals surface area contributed by atoms with E-state index in [-0.39, 0.29) is 5.78 Å². The molecule has 0 atom stereocenters. The fraction of sp³-hybridized carbons (Fsp3) is 0.292. The molecule has 2 aliphatic rings. The standard InChI is InChI=1S/C24H23N3O3/c1-15-18(6-4-16-3-2-10-26-22(15)16)17-5-7-21-19(13-17)20(28)14-24(30-21)8-11-27(12-9-24)23(25)29/h2-7,10,13H,8-9,11-12,14H2,1H3,(H2,25,29). The molecule has 2 amide bonds. The number of nitrogens with zero attached hydrogens (tertiary/aromatic N) is 2. The first-order valence-corrected chi connectivity index (χ1v) is 10.2. The first-order chi connectivity index (χ1) is 14.5. The van der Waals surface area contributed by atoms with Gasteiger partial charge in [0.15, 0.2) is 5.78 Å². The molecule has 1 spiro atoms. The summed E-state index contributed by atoms with van der Waals surface area (Å²) in [5.74, 6) is 0.710. The fourth-order valence-corrected chi connectivity index (χ4v) is 4.68. The van der Waals surface area contributed by atoms with Gasteiger partial charge in [0.2, 0.25) is 0 Å². The Bertz CT molecular complexity index is 1180. The first-order valence-electron chi connectivity index (χ1n) is 10.2. The van der Waals surface area contributed by atoms with Crippen molar-refractivity contribution >= 4 is 22.7 Å². The van der Waals surface area contributed by atoms with Crippen LogP contribution in [-0.4, -0.2) is 40.4 Å². The molecule has 1 aromatic heterocycles. The lowest BCUT2D eigenvalue weighted by Gasteiger charge is -2.43. The van der Waals surface area contributed by atoms with Crippen LogP contribution in [0.15, 0.2) is 48.7 Å². The van der Waals surface area contributed by atoms with Gasteiger partial charge in [-0.05, 0) is 41.8 Å². The van der Waals surface area contributed by atoms with Gasteiger partial charge in [0.1, 0.15) is 11.4 Å². The lowest BCUT2D eigenvalue weighted by Crippen LogP contribution is -2.53. The number of fused-ring (bicyclic) bond motifs is 2. The maximum absolute atomic E-state index is 13.1. The maximum atomic E-state index is 13.1. The van der Waals surface area contributed by atoms with E-state index in [9.17, 15) is 9.59 Å². The highest BCUT2D eigenvalue weighted by Gasteiger charge is 2.43. The Labute approximate surface area is 174 Å². The zero-order valence-corrected chi connectivity index (χ0v) is 16.9. The fourth-order valence-electron chi connectivity index (χ4n) is 4.68. The summed E-state index contributed by atoms with van der Waals surface area (Å²) in [6.07, 6.45) is 3.34. The van der Waals surface area contributed by atoms with Crippen LogP contribution in [0.5, 0.6) is 5.75 Å². The number of ketones is 1. The molecular weight excluding hydrogens is 378 g/mol. The molecule has 0 radical (unpaired) electrons. The molecule has 0 aliphatic carbocycles. The van der Waals surface area contributed by atoms with Crippen LogP contribution in [0.25, 0.3) is 22.0 Å². The van der Waals surface area contributed by atoms with Gasteiger partial charge in [-0.15, -0.1) is 0 Å². The molecular formula is C24H23N3O3. The number of benzene rings is 2. The molecule has 0 bridgehead atoms. The minimum Gasteiger partial charge on any atom is -0.486 e. The number of piperidine rings is 1. The van der Waals surface area contributed by atoms with Gasteiger partial charge in [0.05, 0.1) is 17.5 Å². The number of hydrogen-bond donors (Lipinski definition) is 1. The molecule has 2 aliphatic heterocycles. The molecule has 1 fully saturated rings. The number of carbonyl (C=O) groups is 2. The topological polar surface area (TPSA) is 85.5 Å². The molecule has 1 saturated heterocycles. The van der Waals surface area contributed by atoms with Crippen molar-refractivity contribution in [3.05, 3.63) is 59.8 Å². The van der Waals surface area contributed by atoms with Crippen LogP contribution in [-0.2, 0) is 0 Å². The molecule has 152 valence electrons. The number of pyridine rings is 1. The Balaban J connectivity index is 1.47. The van der Waals surface area contributed by atoms with Crippen molar-refractivity contribution < 1.29 is 14.3 Å². The van der Waals surface area contributed by atoms with E-state index in [0.29, 0.717) is 43.7 Å². The summed E-state index contributed by atoms with van der Waals surface area (Å²) < 4.78 is 6.34. The third-order valence-corrected chi connectivity index (χ3v) is 6.41. The van der Waals surface area contributed by atoms with Crippen LogP contribution >= 0.6 is 0 Å². The summed E-state index contributed by atoms with van der Waals surface area (Å²) in [6, 6.07) is 13.5. The second-order valence-corrected chi connectivity index (χ2v) is 8.23. The van der Waals surface area contributed by atoms with Gasteiger partial charge in [-0.3, -0.25) is 9.78 Å². The number of hydrogen-bond acceptors (Lipinski definition) is 4. The minimum absolute atomic E-state index is 0.0854. The number of aryl methyl sites for hydroxylation is 1. The minimum atomic E-state index is -0.541. The summed E-state index contributed by atoms with van der Waals surface area (Å²) in [5.41, 5.74) is 9.56. The van der Waals surface area contributed by atoms with Crippen molar-refractivity contribution in [1.82, 2.24) is 9.88 Å². The second-order valence-electron chi connectivity index (χ2n) is 8.23. The van der Waals surface area contributed by atoms with Gasteiger partial charge in [-0.1, -0.05) is 24.3 Å². The van der Waals surface area contributed by atoms with E-state index in [1.165, 1.54) is 0 Å². The maximum Gasteiger partial charge on any atom is 0.314 e. The number of rotatable bonds is 1. The number of ether oxygens (including phenoxy) is 1. The van der Waals surface area contributed by atoms with E-state index in [1.54, 1.807) is 11.1 Å². The van der Waals surface area contributed by atoms with Crippen LogP contribution in [0.3, 0.4) is 0 Å². The normalized spacial score (nSPS) is 17.6. The number of carbonyl (C=O) groups excluding carboxylic acids is 2. The molecule has 0 unspecified atom stereocenters. The quantitative estimate of drug-likeness (QED) is 0.665. The van der Waals surface area contributed by atoms with Crippen LogP contribution in [0.4, 0.5) is 4.79 Å². The number of aromatic nitrogens is 1. The molecule has 2 aromatic carbocycles.